The number of methoxy groups -OCH3 is 1. The molecule has 5 heteroatoms. The van der Waals surface area contributed by atoms with E-state index in [1.54, 1.807) is 13.2 Å². The second-order valence-electron chi connectivity index (χ2n) is 3.75. The first kappa shape index (κ1) is 11.4. The van der Waals surface area contributed by atoms with E-state index in [-0.39, 0.29) is 0 Å². The molecule has 5 nitrogen and oxygen atoms in total. The van der Waals surface area contributed by atoms with Crippen LogP contribution in [0.25, 0.3) is 11.0 Å². The molecule has 0 amide bonds. The lowest BCUT2D eigenvalue weighted by Crippen LogP contribution is -2.05. The van der Waals surface area contributed by atoms with Crippen LogP contribution < -0.4 is 5.73 Å². The minimum absolute atomic E-state index is 0.443. The fourth-order valence-corrected chi connectivity index (χ4v) is 1.86. The van der Waals surface area contributed by atoms with Gasteiger partial charge in [-0.05, 0) is 18.6 Å². The van der Waals surface area contributed by atoms with E-state index in [9.17, 15) is 0 Å². The molecule has 88 valence electrons. The Morgan fingerprint density at radius 1 is 1.53 bits per heavy atom. The molecule has 17 heavy (non-hydrogen) atoms. The quantitative estimate of drug-likeness (QED) is 0.808. The largest absolute Gasteiger partial charge is 0.385 e. The lowest BCUT2D eigenvalue weighted by atomic mass is 10.2. The first-order valence-electron chi connectivity index (χ1n) is 5.41. The maximum absolute atomic E-state index is 8.99. The molecule has 0 radical (unpaired) electrons. The van der Waals surface area contributed by atoms with Gasteiger partial charge in [0.15, 0.2) is 0 Å². The average molecular weight is 230 g/mol. The normalized spacial score (nSPS) is 10.6. The van der Waals surface area contributed by atoms with Gasteiger partial charge in [-0.3, -0.25) is 0 Å². The summed E-state index contributed by atoms with van der Waals surface area (Å²) >= 11 is 0. The zero-order valence-electron chi connectivity index (χ0n) is 9.68. The number of nitrogens with zero attached hydrogens (tertiary/aromatic N) is 3. The summed E-state index contributed by atoms with van der Waals surface area (Å²) in [5.41, 5.74) is 7.99. The topological polar surface area (TPSA) is 76.9 Å². The van der Waals surface area contributed by atoms with Crippen molar-refractivity contribution in [1.29, 1.82) is 5.26 Å². The van der Waals surface area contributed by atoms with E-state index in [0.717, 1.165) is 18.5 Å². The number of nitrogen functional groups attached to an aromatic ring is 1. The van der Waals surface area contributed by atoms with Gasteiger partial charge < -0.3 is 15.0 Å². The number of anilines is 1. The molecule has 1 aromatic heterocycles. The van der Waals surface area contributed by atoms with E-state index in [1.807, 2.05) is 16.7 Å². The van der Waals surface area contributed by atoms with Crippen LogP contribution in [0.15, 0.2) is 18.2 Å². The van der Waals surface area contributed by atoms with E-state index in [0.29, 0.717) is 23.6 Å². The number of aromatic nitrogens is 2. The minimum atomic E-state index is 0.443. The Balaban J connectivity index is 2.42. The molecule has 0 aliphatic heterocycles. The number of fused-ring (bicyclic) bond motifs is 1. The summed E-state index contributed by atoms with van der Waals surface area (Å²) in [5.74, 6) is 0.443. The molecular formula is C12H14N4O. The smallest absolute Gasteiger partial charge is 0.201 e. The van der Waals surface area contributed by atoms with E-state index in [1.165, 1.54) is 0 Å². The Labute approximate surface area is 99.4 Å². The summed E-state index contributed by atoms with van der Waals surface area (Å²) in [6.07, 6.45) is 0.864. The fraction of sp³-hybridized carbons (Fsp3) is 0.333. The summed E-state index contributed by atoms with van der Waals surface area (Å²) in [6, 6.07) is 7.63. The highest BCUT2D eigenvalue weighted by atomic mass is 16.5. The average Bonchev–Trinajstić information content (AvgIpc) is 2.66. The number of para-hydroxylation sites is 1. The molecule has 0 unspecified atom stereocenters. The number of nitrogens with two attached hydrogens (primary N) is 1. The molecule has 2 rings (SSSR count). The molecule has 1 aromatic carbocycles. The predicted molar refractivity (Wildman–Crippen MR) is 65.4 cm³/mol. The third-order valence-electron chi connectivity index (χ3n) is 2.66. The molecular weight excluding hydrogens is 216 g/mol. The van der Waals surface area contributed by atoms with Crippen molar-refractivity contribution in [3.05, 3.63) is 23.8 Å². The van der Waals surface area contributed by atoms with Crippen LogP contribution in [0.1, 0.15) is 12.0 Å². The number of aryl methyl sites for hydroxylation is 1. The van der Waals surface area contributed by atoms with Gasteiger partial charge in [-0.15, -0.1) is 0 Å². The van der Waals surface area contributed by atoms with Crippen molar-refractivity contribution in [3.8, 4) is 6.07 Å². The summed E-state index contributed by atoms with van der Waals surface area (Å²) in [6.45, 7) is 1.42. The fourth-order valence-electron chi connectivity index (χ4n) is 1.86. The van der Waals surface area contributed by atoms with E-state index in [4.69, 9.17) is 15.7 Å². The van der Waals surface area contributed by atoms with E-state index < -0.39 is 0 Å². The molecule has 2 N–H and O–H groups in total. The lowest BCUT2D eigenvalue weighted by molar-refractivity contribution is 0.191. The third-order valence-corrected chi connectivity index (χ3v) is 2.66. The van der Waals surface area contributed by atoms with E-state index >= 15 is 0 Å². The van der Waals surface area contributed by atoms with Gasteiger partial charge >= 0.3 is 0 Å². The molecule has 0 aliphatic rings. The summed E-state index contributed by atoms with van der Waals surface area (Å²) in [5, 5.41) is 8.99. The standard InChI is InChI=1S/C12H14N4O/c1-17-7-3-6-16-10-5-2-4-9(8-13)11(10)15-12(16)14/h2,4-5H,3,6-7H2,1H3,(H2,14,15). The zero-order chi connectivity index (χ0) is 12.3. The molecule has 0 bridgehead atoms. The lowest BCUT2D eigenvalue weighted by Gasteiger charge is -2.05. The van der Waals surface area contributed by atoms with Crippen LogP contribution in [0.5, 0.6) is 0 Å². The number of hydrogen-bond donors (Lipinski definition) is 1. The Morgan fingerprint density at radius 3 is 3.06 bits per heavy atom. The first-order valence-corrected chi connectivity index (χ1v) is 5.41. The van der Waals surface area contributed by atoms with Gasteiger partial charge in [-0.2, -0.15) is 5.26 Å². The minimum Gasteiger partial charge on any atom is -0.385 e. The Morgan fingerprint density at radius 2 is 2.35 bits per heavy atom. The van der Waals surface area contributed by atoms with Gasteiger partial charge in [-0.25, -0.2) is 4.98 Å². The molecule has 1 heterocycles. The second-order valence-corrected chi connectivity index (χ2v) is 3.75. The van der Waals surface area contributed by atoms with Crippen molar-refractivity contribution in [2.24, 2.45) is 0 Å². The zero-order valence-corrected chi connectivity index (χ0v) is 9.68. The summed E-state index contributed by atoms with van der Waals surface area (Å²) in [7, 11) is 1.67. The SMILES string of the molecule is COCCCn1c(N)nc2c(C#N)cccc21. The van der Waals surface area contributed by atoms with Crippen LogP contribution in [0, 0.1) is 11.3 Å². The first-order chi connectivity index (χ1) is 8.27. The summed E-state index contributed by atoms with van der Waals surface area (Å²) < 4.78 is 6.92. The molecule has 0 atom stereocenters. The van der Waals surface area contributed by atoms with Crippen molar-refractivity contribution >= 4 is 17.0 Å². The van der Waals surface area contributed by atoms with Crippen molar-refractivity contribution < 1.29 is 4.74 Å². The monoisotopic (exact) mass is 230 g/mol. The molecule has 0 saturated carbocycles. The highest BCUT2D eigenvalue weighted by molar-refractivity contribution is 5.83. The van der Waals surface area contributed by atoms with Crippen LogP contribution in [0.2, 0.25) is 0 Å². The van der Waals surface area contributed by atoms with Gasteiger partial charge in [0.2, 0.25) is 5.95 Å². The van der Waals surface area contributed by atoms with Crippen molar-refractivity contribution in [3.63, 3.8) is 0 Å². The van der Waals surface area contributed by atoms with Crippen molar-refractivity contribution in [2.45, 2.75) is 13.0 Å². The van der Waals surface area contributed by atoms with Gasteiger partial charge in [0, 0.05) is 20.3 Å². The third kappa shape index (κ3) is 2.08. The number of hydrogen-bond acceptors (Lipinski definition) is 4. The predicted octanol–water partition coefficient (Wildman–Crippen LogP) is 1.53. The van der Waals surface area contributed by atoms with Crippen LogP contribution in [0.4, 0.5) is 5.95 Å². The van der Waals surface area contributed by atoms with Crippen LogP contribution in [-0.2, 0) is 11.3 Å². The van der Waals surface area contributed by atoms with Crippen LogP contribution in [0.3, 0.4) is 0 Å². The maximum Gasteiger partial charge on any atom is 0.201 e. The van der Waals surface area contributed by atoms with Gasteiger partial charge in [0.25, 0.3) is 0 Å². The Kier molecular flexibility index (Phi) is 3.26. The number of benzene rings is 1. The molecule has 2 aromatic rings. The number of ether oxygens (including phenoxy) is 1. The number of rotatable bonds is 4. The van der Waals surface area contributed by atoms with Crippen LogP contribution in [-0.4, -0.2) is 23.3 Å². The van der Waals surface area contributed by atoms with Gasteiger partial charge in [0.1, 0.15) is 11.6 Å². The molecule has 0 fully saturated rings. The molecule has 0 saturated heterocycles. The van der Waals surface area contributed by atoms with Gasteiger partial charge in [0.05, 0.1) is 11.1 Å². The number of imidazole rings is 1. The van der Waals surface area contributed by atoms with Crippen molar-refractivity contribution in [1.82, 2.24) is 9.55 Å². The summed E-state index contributed by atoms with van der Waals surface area (Å²) in [4.78, 5) is 4.24. The maximum atomic E-state index is 8.99. The Bertz CT molecular complexity index is 568. The highest BCUT2D eigenvalue weighted by Gasteiger charge is 2.10. The van der Waals surface area contributed by atoms with Crippen LogP contribution >= 0.6 is 0 Å². The molecule has 0 spiro atoms. The molecule has 0 aliphatic carbocycles. The van der Waals surface area contributed by atoms with E-state index in [2.05, 4.69) is 11.1 Å². The highest BCUT2D eigenvalue weighted by Crippen LogP contribution is 2.21. The number of nitriles is 1. The Hall–Kier alpha value is -2.06. The second kappa shape index (κ2) is 4.85. The van der Waals surface area contributed by atoms with Gasteiger partial charge in [-0.1, -0.05) is 6.07 Å². The van der Waals surface area contributed by atoms with Crippen molar-refractivity contribution in [2.75, 3.05) is 19.5 Å².